The lowest BCUT2D eigenvalue weighted by molar-refractivity contribution is 0.102. The van der Waals surface area contributed by atoms with E-state index in [1.807, 2.05) is 30.3 Å². The average Bonchev–Trinajstić information content (AvgIpc) is 3.17. The zero-order valence-electron chi connectivity index (χ0n) is 15.5. The van der Waals surface area contributed by atoms with Crippen LogP contribution < -0.4 is 10.0 Å². The highest BCUT2D eigenvalue weighted by Crippen LogP contribution is 2.22. The number of hydrogen-bond acceptors (Lipinski definition) is 6. The quantitative estimate of drug-likeness (QED) is 0.509. The van der Waals surface area contributed by atoms with E-state index in [9.17, 15) is 13.2 Å². The van der Waals surface area contributed by atoms with Crippen molar-refractivity contribution in [1.82, 2.24) is 14.9 Å². The minimum absolute atomic E-state index is 0.0761. The van der Waals surface area contributed by atoms with Gasteiger partial charge in [0.25, 0.3) is 15.9 Å². The van der Waals surface area contributed by atoms with E-state index in [1.165, 1.54) is 0 Å². The van der Waals surface area contributed by atoms with Crippen LogP contribution in [0.5, 0.6) is 0 Å². The van der Waals surface area contributed by atoms with Crippen LogP contribution in [-0.2, 0) is 16.4 Å². The summed E-state index contributed by atoms with van der Waals surface area (Å²) in [7, 11) is -3.83. The Morgan fingerprint density at radius 3 is 2.52 bits per heavy atom. The lowest BCUT2D eigenvalue weighted by Gasteiger charge is -2.12. The number of sulfonamides is 1. The third kappa shape index (κ3) is 5.83. The van der Waals surface area contributed by atoms with Crippen molar-refractivity contribution >= 4 is 44.0 Å². The minimum Gasteiger partial charge on any atom is -0.296 e. The molecule has 0 spiro atoms. The fraction of sp³-hybridized carbons (Fsp3) is 0.211. The smallest absolute Gasteiger partial charge is 0.270 e. The molecule has 3 rings (SSSR count). The van der Waals surface area contributed by atoms with Crippen molar-refractivity contribution in [2.24, 2.45) is 0 Å². The first-order chi connectivity index (χ1) is 13.8. The first kappa shape index (κ1) is 21.4. The maximum absolute atomic E-state index is 12.5. The van der Waals surface area contributed by atoms with Crippen LogP contribution in [0.25, 0.3) is 0 Å². The molecule has 1 aromatic heterocycles. The summed E-state index contributed by atoms with van der Waals surface area (Å²) in [5.41, 5.74) is 1.40. The molecule has 0 fully saturated rings. The van der Waals surface area contributed by atoms with Gasteiger partial charge in [-0.05, 0) is 37.5 Å². The van der Waals surface area contributed by atoms with Crippen LogP contribution in [0.1, 0.15) is 29.3 Å². The molecule has 0 bridgehead atoms. The number of carbonyl (C=O) groups excluding carboxylic acids is 1. The van der Waals surface area contributed by atoms with E-state index in [4.69, 9.17) is 11.6 Å². The number of nitrogens with zero attached hydrogens (tertiary/aromatic N) is 2. The summed E-state index contributed by atoms with van der Waals surface area (Å²) < 4.78 is 27.5. The number of aryl methyl sites for hydroxylation is 1. The Kier molecular flexibility index (Phi) is 6.96. The van der Waals surface area contributed by atoms with Gasteiger partial charge < -0.3 is 0 Å². The Hall–Kier alpha value is -2.33. The molecule has 152 valence electrons. The highest BCUT2D eigenvalue weighted by Gasteiger charge is 2.23. The Bertz CT molecular complexity index is 1090. The molecule has 1 atom stereocenters. The van der Waals surface area contributed by atoms with Gasteiger partial charge in [0.05, 0.1) is 10.6 Å². The third-order valence-electron chi connectivity index (χ3n) is 4.04. The standard InChI is InChI=1S/C19H19ClN4O3S2/c1-13(11-12-14-7-3-2-4-8-14)24-29(26,27)19-23-22-18(28-19)21-17(25)15-9-5-6-10-16(15)20/h2-10,13,24H,11-12H2,1H3,(H,21,22,25)/t13-/m1/s1. The molecule has 29 heavy (non-hydrogen) atoms. The molecular formula is C19H19ClN4O3S2. The highest BCUT2D eigenvalue weighted by atomic mass is 35.5. The first-order valence-electron chi connectivity index (χ1n) is 8.81. The summed E-state index contributed by atoms with van der Waals surface area (Å²) in [5.74, 6) is -0.486. The predicted molar refractivity (Wildman–Crippen MR) is 114 cm³/mol. The molecule has 0 aliphatic rings. The van der Waals surface area contributed by atoms with Crippen molar-refractivity contribution in [2.75, 3.05) is 5.32 Å². The topological polar surface area (TPSA) is 101 Å². The maximum Gasteiger partial charge on any atom is 0.270 e. The Morgan fingerprint density at radius 2 is 1.79 bits per heavy atom. The second kappa shape index (κ2) is 9.45. The molecule has 2 N–H and O–H groups in total. The Balaban J connectivity index is 1.61. The second-order valence-electron chi connectivity index (χ2n) is 6.35. The molecule has 0 radical (unpaired) electrons. The SMILES string of the molecule is C[C@H](CCc1ccccc1)NS(=O)(=O)c1nnc(NC(=O)c2ccccc2Cl)s1. The average molecular weight is 451 g/mol. The van der Waals surface area contributed by atoms with E-state index in [1.54, 1.807) is 31.2 Å². The Morgan fingerprint density at radius 1 is 1.10 bits per heavy atom. The number of carbonyl (C=O) groups is 1. The first-order valence-corrected chi connectivity index (χ1v) is 11.5. The fourth-order valence-corrected chi connectivity index (χ4v) is 4.99. The Labute approximate surface area is 178 Å². The number of rotatable bonds is 8. The zero-order chi connectivity index (χ0) is 20.9. The molecule has 0 unspecified atom stereocenters. The summed E-state index contributed by atoms with van der Waals surface area (Å²) in [6, 6.07) is 16.1. The van der Waals surface area contributed by atoms with Crippen molar-refractivity contribution in [3.8, 4) is 0 Å². The van der Waals surface area contributed by atoms with Gasteiger partial charge in [-0.15, -0.1) is 10.2 Å². The largest absolute Gasteiger partial charge is 0.296 e. The zero-order valence-corrected chi connectivity index (χ0v) is 17.9. The second-order valence-corrected chi connectivity index (χ2v) is 9.63. The van der Waals surface area contributed by atoms with E-state index >= 15 is 0 Å². The monoisotopic (exact) mass is 450 g/mol. The van der Waals surface area contributed by atoms with Crippen molar-refractivity contribution in [1.29, 1.82) is 0 Å². The van der Waals surface area contributed by atoms with E-state index < -0.39 is 15.9 Å². The van der Waals surface area contributed by atoms with Crippen molar-refractivity contribution in [2.45, 2.75) is 30.1 Å². The number of halogens is 1. The number of benzene rings is 2. The fourth-order valence-electron chi connectivity index (χ4n) is 2.58. The van der Waals surface area contributed by atoms with Gasteiger partial charge in [0.1, 0.15) is 0 Å². The number of nitrogens with one attached hydrogen (secondary N) is 2. The third-order valence-corrected chi connectivity index (χ3v) is 7.17. The van der Waals surface area contributed by atoms with Gasteiger partial charge in [0.2, 0.25) is 9.47 Å². The van der Waals surface area contributed by atoms with Crippen molar-refractivity contribution in [3.05, 3.63) is 70.7 Å². The van der Waals surface area contributed by atoms with E-state index in [0.29, 0.717) is 6.42 Å². The van der Waals surface area contributed by atoms with Gasteiger partial charge in [-0.25, -0.2) is 13.1 Å². The molecule has 0 saturated carbocycles. The lowest BCUT2D eigenvalue weighted by Crippen LogP contribution is -2.32. The van der Waals surface area contributed by atoms with Crippen LogP contribution in [0.15, 0.2) is 58.9 Å². The molecule has 0 saturated heterocycles. The van der Waals surface area contributed by atoms with Crippen LogP contribution >= 0.6 is 22.9 Å². The number of aromatic nitrogens is 2. The predicted octanol–water partition coefficient (Wildman–Crippen LogP) is 3.74. The van der Waals surface area contributed by atoms with Crippen LogP contribution in [0, 0.1) is 0 Å². The summed E-state index contributed by atoms with van der Waals surface area (Å²) >= 11 is 6.77. The highest BCUT2D eigenvalue weighted by molar-refractivity contribution is 7.91. The number of anilines is 1. The number of hydrogen-bond donors (Lipinski definition) is 2. The van der Waals surface area contributed by atoms with Gasteiger partial charge in [0.15, 0.2) is 0 Å². The van der Waals surface area contributed by atoms with Crippen molar-refractivity contribution in [3.63, 3.8) is 0 Å². The van der Waals surface area contributed by atoms with Crippen LogP contribution in [0.2, 0.25) is 5.02 Å². The minimum atomic E-state index is -3.83. The van der Waals surface area contributed by atoms with Crippen LogP contribution in [-0.4, -0.2) is 30.6 Å². The molecular weight excluding hydrogens is 432 g/mol. The molecule has 0 aliphatic heterocycles. The maximum atomic E-state index is 12.5. The van der Waals surface area contributed by atoms with E-state index in [2.05, 4.69) is 20.2 Å². The van der Waals surface area contributed by atoms with E-state index in [0.717, 1.165) is 23.3 Å². The van der Waals surface area contributed by atoms with Gasteiger partial charge in [0, 0.05) is 6.04 Å². The van der Waals surface area contributed by atoms with Gasteiger partial charge in [-0.3, -0.25) is 10.1 Å². The van der Waals surface area contributed by atoms with Gasteiger partial charge >= 0.3 is 0 Å². The van der Waals surface area contributed by atoms with Crippen LogP contribution in [0.4, 0.5) is 5.13 Å². The van der Waals surface area contributed by atoms with Gasteiger partial charge in [-0.1, -0.05) is 65.4 Å². The van der Waals surface area contributed by atoms with Gasteiger partial charge in [-0.2, -0.15) is 0 Å². The molecule has 3 aromatic rings. The molecule has 1 heterocycles. The summed E-state index contributed by atoms with van der Waals surface area (Å²) in [6.07, 6.45) is 1.39. The molecule has 2 aromatic carbocycles. The van der Waals surface area contributed by atoms with Crippen molar-refractivity contribution < 1.29 is 13.2 Å². The molecule has 0 aliphatic carbocycles. The summed E-state index contributed by atoms with van der Waals surface area (Å²) in [6.45, 7) is 1.79. The molecule has 1 amide bonds. The van der Waals surface area contributed by atoms with E-state index in [-0.39, 0.29) is 26.1 Å². The summed E-state index contributed by atoms with van der Waals surface area (Å²) in [4.78, 5) is 12.3. The molecule has 10 heteroatoms. The summed E-state index contributed by atoms with van der Waals surface area (Å²) in [5, 5.41) is 10.3. The lowest BCUT2D eigenvalue weighted by atomic mass is 10.1. The number of amides is 1. The normalized spacial score (nSPS) is 12.5. The van der Waals surface area contributed by atoms with Crippen LogP contribution in [0.3, 0.4) is 0 Å². The molecule has 7 nitrogen and oxygen atoms in total.